The largest absolute Gasteiger partial charge is 0.487 e. The van der Waals surface area contributed by atoms with Gasteiger partial charge in [-0.25, -0.2) is 0 Å². The molecule has 7 nitrogen and oxygen atoms in total. The van der Waals surface area contributed by atoms with Crippen molar-refractivity contribution in [2.45, 2.75) is 44.1 Å². The van der Waals surface area contributed by atoms with Crippen molar-refractivity contribution in [1.29, 1.82) is 0 Å². The number of aryl methyl sites for hydroxylation is 1. The predicted octanol–water partition coefficient (Wildman–Crippen LogP) is 4.55. The average Bonchev–Trinajstić information content (AvgIpc) is 3.26. The number of amides is 2. The van der Waals surface area contributed by atoms with Crippen LogP contribution in [0.2, 0.25) is 0 Å². The zero-order valence-corrected chi connectivity index (χ0v) is 18.6. The molecular weight excluding hydrogens is 418 g/mol. The first-order valence-electron chi connectivity index (χ1n) is 11.3. The number of nitrogens with one attached hydrogen (secondary N) is 1. The molecular formula is C26H27N3O4. The lowest BCUT2D eigenvalue weighted by Gasteiger charge is -2.46. The second kappa shape index (κ2) is 8.73. The Morgan fingerprint density at radius 3 is 2.67 bits per heavy atom. The van der Waals surface area contributed by atoms with Gasteiger partial charge in [-0.05, 0) is 49.2 Å². The molecule has 1 N–H and O–H groups in total. The Labute approximate surface area is 192 Å². The number of hydrogen-bond acceptors (Lipinski definition) is 5. The van der Waals surface area contributed by atoms with E-state index in [1.54, 1.807) is 30.6 Å². The van der Waals surface area contributed by atoms with Crippen molar-refractivity contribution >= 4 is 17.5 Å². The van der Waals surface area contributed by atoms with Crippen LogP contribution in [0, 0.1) is 6.92 Å². The fraction of sp³-hybridized carbons (Fsp3) is 0.346. The van der Waals surface area contributed by atoms with E-state index in [1.807, 2.05) is 42.2 Å². The zero-order chi connectivity index (χ0) is 22.8. The highest BCUT2D eigenvalue weighted by Gasteiger charge is 2.44. The van der Waals surface area contributed by atoms with Gasteiger partial charge in [0.05, 0.1) is 11.9 Å². The Bertz CT molecular complexity index is 1150. The predicted molar refractivity (Wildman–Crippen MR) is 123 cm³/mol. The van der Waals surface area contributed by atoms with Gasteiger partial charge in [0, 0.05) is 44.5 Å². The first-order valence-corrected chi connectivity index (χ1v) is 11.3. The molecule has 3 aromatic rings. The lowest BCUT2D eigenvalue weighted by atomic mass is 9.76. The molecule has 5 rings (SSSR count). The fourth-order valence-corrected chi connectivity index (χ4v) is 4.93. The van der Waals surface area contributed by atoms with Crippen LogP contribution < -0.4 is 10.1 Å². The minimum atomic E-state index is -0.385. The lowest BCUT2D eigenvalue weighted by Crippen LogP contribution is -2.52. The van der Waals surface area contributed by atoms with Crippen molar-refractivity contribution in [1.82, 2.24) is 9.88 Å². The molecule has 1 aromatic carbocycles. The summed E-state index contributed by atoms with van der Waals surface area (Å²) in [6.07, 6.45) is 5.86. The summed E-state index contributed by atoms with van der Waals surface area (Å²) >= 11 is 0. The Balaban J connectivity index is 1.29. The highest BCUT2D eigenvalue weighted by molar-refractivity contribution is 5.92. The number of carbonyl (C=O) groups excluding carboxylic acids is 2. The van der Waals surface area contributed by atoms with E-state index in [4.69, 9.17) is 9.15 Å². The molecule has 0 saturated carbocycles. The minimum Gasteiger partial charge on any atom is -0.487 e. The van der Waals surface area contributed by atoms with Crippen molar-refractivity contribution in [2.75, 3.05) is 18.4 Å². The summed E-state index contributed by atoms with van der Waals surface area (Å²) in [6.45, 7) is 3.02. The minimum absolute atomic E-state index is 0.0411. The van der Waals surface area contributed by atoms with Crippen LogP contribution in [-0.4, -0.2) is 40.4 Å². The number of furan rings is 1. The standard InChI is InChI=1S/C26H27N3O4/c1-18-8-9-23(32-18)25(31)29-13-10-26(11-14-29)16-19(21-6-2-3-7-22(21)33-26)15-24(30)28-20-5-4-12-27-17-20/h2-9,12,17,19H,10-11,13-16H2,1H3,(H,28,30)/t19-/m0/s1. The number of benzene rings is 1. The van der Waals surface area contributed by atoms with E-state index < -0.39 is 0 Å². The van der Waals surface area contributed by atoms with Gasteiger partial charge >= 0.3 is 0 Å². The van der Waals surface area contributed by atoms with Crippen molar-refractivity contribution in [3.05, 3.63) is 78.0 Å². The molecule has 2 amide bonds. The number of likely N-dealkylation sites (tertiary alicyclic amines) is 1. The quantitative estimate of drug-likeness (QED) is 0.637. The SMILES string of the molecule is Cc1ccc(C(=O)N2CCC3(CC2)C[C@H](CC(=O)Nc2cccnc2)c2ccccc2O3)o1. The smallest absolute Gasteiger partial charge is 0.289 e. The molecule has 33 heavy (non-hydrogen) atoms. The van der Waals surface area contributed by atoms with Crippen LogP contribution in [0.1, 0.15) is 53.5 Å². The molecule has 1 atom stereocenters. The normalized spacial score (nSPS) is 18.9. The van der Waals surface area contributed by atoms with Gasteiger partial charge in [-0.15, -0.1) is 0 Å². The molecule has 2 aromatic heterocycles. The number of hydrogen-bond donors (Lipinski definition) is 1. The molecule has 0 radical (unpaired) electrons. The molecule has 1 saturated heterocycles. The van der Waals surface area contributed by atoms with Gasteiger partial charge in [0.15, 0.2) is 5.76 Å². The van der Waals surface area contributed by atoms with Crippen molar-refractivity contribution in [3.63, 3.8) is 0 Å². The van der Waals surface area contributed by atoms with Crippen LogP contribution in [0.25, 0.3) is 0 Å². The summed E-state index contributed by atoms with van der Waals surface area (Å²) in [5, 5.41) is 2.95. The van der Waals surface area contributed by atoms with E-state index >= 15 is 0 Å². The first-order chi connectivity index (χ1) is 16.0. The van der Waals surface area contributed by atoms with Gasteiger partial charge < -0.3 is 19.4 Å². The van der Waals surface area contributed by atoms with E-state index in [1.165, 1.54) is 0 Å². The number of aromatic nitrogens is 1. The number of anilines is 1. The topological polar surface area (TPSA) is 84.7 Å². The lowest BCUT2D eigenvalue weighted by molar-refractivity contribution is -0.117. The van der Waals surface area contributed by atoms with E-state index in [0.717, 1.165) is 23.5 Å². The van der Waals surface area contributed by atoms with Crippen molar-refractivity contribution in [2.24, 2.45) is 0 Å². The third-order valence-corrected chi connectivity index (χ3v) is 6.59. The highest BCUT2D eigenvalue weighted by Crippen LogP contribution is 2.46. The first kappa shape index (κ1) is 21.2. The maximum Gasteiger partial charge on any atom is 0.289 e. The van der Waals surface area contributed by atoms with Crippen LogP contribution in [-0.2, 0) is 4.79 Å². The van der Waals surface area contributed by atoms with Gasteiger partial charge in [-0.1, -0.05) is 18.2 Å². The third-order valence-electron chi connectivity index (χ3n) is 6.59. The number of para-hydroxylation sites is 1. The number of fused-ring (bicyclic) bond motifs is 1. The molecule has 0 bridgehead atoms. The third kappa shape index (κ3) is 4.49. The van der Waals surface area contributed by atoms with E-state index in [9.17, 15) is 9.59 Å². The van der Waals surface area contributed by atoms with Crippen LogP contribution in [0.3, 0.4) is 0 Å². The molecule has 1 spiro atoms. The second-order valence-corrected chi connectivity index (χ2v) is 8.92. The fourth-order valence-electron chi connectivity index (χ4n) is 4.93. The molecule has 1 fully saturated rings. The molecule has 2 aliphatic rings. The number of pyridine rings is 1. The summed E-state index contributed by atoms with van der Waals surface area (Å²) < 4.78 is 12.0. The van der Waals surface area contributed by atoms with Gasteiger partial charge in [-0.3, -0.25) is 14.6 Å². The zero-order valence-electron chi connectivity index (χ0n) is 18.6. The number of rotatable bonds is 4. The van der Waals surface area contributed by atoms with Gasteiger partial charge in [0.1, 0.15) is 17.1 Å². The van der Waals surface area contributed by atoms with Gasteiger partial charge in [-0.2, -0.15) is 0 Å². The number of nitrogens with zero attached hydrogens (tertiary/aromatic N) is 2. The maximum atomic E-state index is 12.8. The van der Waals surface area contributed by atoms with Gasteiger partial charge in [0.25, 0.3) is 5.91 Å². The van der Waals surface area contributed by atoms with Crippen LogP contribution in [0.15, 0.2) is 65.3 Å². The molecule has 4 heterocycles. The number of piperidine rings is 1. The number of ether oxygens (including phenoxy) is 1. The Morgan fingerprint density at radius 1 is 1.12 bits per heavy atom. The van der Waals surface area contributed by atoms with Crippen LogP contribution in [0.5, 0.6) is 5.75 Å². The van der Waals surface area contributed by atoms with Crippen LogP contribution >= 0.6 is 0 Å². The van der Waals surface area contributed by atoms with Crippen molar-refractivity contribution in [3.8, 4) is 5.75 Å². The molecule has 7 heteroatoms. The summed E-state index contributed by atoms with van der Waals surface area (Å²) in [6, 6.07) is 15.1. The second-order valence-electron chi connectivity index (χ2n) is 8.92. The van der Waals surface area contributed by atoms with Crippen LogP contribution in [0.4, 0.5) is 5.69 Å². The molecule has 0 aliphatic carbocycles. The summed E-state index contributed by atoms with van der Waals surface area (Å²) in [7, 11) is 0. The highest BCUT2D eigenvalue weighted by atomic mass is 16.5. The molecule has 2 aliphatic heterocycles. The Kier molecular flexibility index (Phi) is 5.62. The van der Waals surface area contributed by atoms with E-state index in [2.05, 4.69) is 10.3 Å². The average molecular weight is 446 g/mol. The molecule has 170 valence electrons. The summed E-state index contributed by atoms with van der Waals surface area (Å²) in [5.74, 6) is 1.86. The van der Waals surface area contributed by atoms with E-state index in [0.29, 0.717) is 43.8 Å². The van der Waals surface area contributed by atoms with Crippen molar-refractivity contribution < 1.29 is 18.7 Å². The number of carbonyl (C=O) groups is 2. The maximum absolute atomic E-state index is 12.8. The monoisotopic (exact) mass is 445 g/mol. The van der Waals surface area contributed by atoms with Gasteiger partial charge in [0.2, 0.25) is 5.91 Å². The Morgan fingerprint density at radius 2 is 1.94 bits per heavy atom. The summed E-state index contributed by atoms with van der Waals surface area (Å²) in [5.41, 5.74) is 1.37. The van der Waals surface area contributed by atoms with E-state index in [-0.39, 0.29) is 23.3 Å². The Hall–Kier alpha value is -3.61. The summed E-state index contributed by atoms with van der Waals surface area (Å²) in [4.78, 5) is 31.5. The molecule has 0 unspecified atom stereocenters.